The third-order valence-corrected chi connectivity index (χ3v) is 3.24. The van der Waals surface area contributed by atoms with Crippen LogP contribution in [0.15, 0.2) is 18.2 Å². The lowest BCUT2D eigenvalue weighted by atomic mass is 9.90. The van der Waals surface area contributed by atoms with Crippen LogP contribution in [0.25, 0.3) is 0 Å². The van der Waals surface area contributed by atoms with E-state index in [1.807, 2.05) is 12.1 Å². The molecule has 84 valence electrons. The maximum atomic E-state index is 6.21. The van der Waals surface area contributed by atoms with Gasteiger partial charge in [0.15, 0.2) is 0 Å². The van der Waals surface area contributed by atoms with Gasteiger partial charge in [0, 0.05) is 10.0 Å². The topological polar surface area (TPSA) is 0 Å². The average molecular weight is 245 g/mol. The molecule has 0 radical (unpaired) electrons. The molecular formula is C13H18Cl2. The van der Waals surface area contributed by atoms with Gasteiger partial charge in [-0.05, 0) is 36.5 Å². The first kappa shape index (κ1) is 12.9. The molecule has 0 aliphatic carbocycles. The quantitative estimate of drug-likeness (QED) is 0.626. The minimum absolute atomic E-state index is 0.588. The molecule has 0 aliphatic heterocycles. The largest absolute Gasteiger partial charge is 0.0843 e. The van der Waals surface area contributed by atoms with E-state index in [1.54, 1.807) is 0 Å². The second-order valence-electron chi connectivity index (χ2n) is 3.94. The van der Waals surface area contributed by atoms with Crippen LogP contribution in [0.3, 0.4) is 0 Å². The van der Waals surface area contributed by atoms with Gasteiger partial charge in [-0.3, -0.25) is 0 Å². The Bertz CT molecular complexity index is 301. The van der Waals surface area contributed by atoms with E-state index in [0.29, 0.717) is 5.92 Å². The SMILES string of the molecule is CCCC(CCC)c1ccc(Cl)cc1Cl. The fourth-order valence-electron chi connectivity index (χ4n) is 1.98. The van der Waals surface area contributed by atoms with Gasteiger partial charge in [-0.25, -0.2) is 0 Å². The molecule has 15 heavy (non-hydrogen) atoms. The van der Waals surface area contributed by atoms with Gasteiger partial charge < -0.3 is 0 Å². The Kier molecular flexibility index (Phi) is 5.49. The van der Waals surface area contributed by atoms with Gasteiger partial charge in [0.25, 0.3) is 0 Å². The van der Waals surface area contributed by atoms with Crippen LogP contribution in [-0.2, 0) is 0 Å². The normalized spacial score (nSPS) is 11.0. The van der Waals surface area contributed by atoms with Crippen molar-refractivity contribution in [2.75, 3.05) is 0 Å². The first-order valence-electron chi connectivity index (χ1n) is 5.64. The maximum absolute atomic E-state index is 6.21. The van der Waals surface area contributed by atoms with E-state index < -0.39 is 0 Å². The number of halogens is 2. The van der Waals surface area contributed by atoms with Crippen LogP contribution in [-0.4, -0.2) is 0 Å². The molecule has 0 nitrogen and oxygen atoms in total. The van der Waals surface area contributed by atoms with Crippen molar-refractivity contribution in [3.05, 3.63) is 33.8 Å². The Morgan fingerprint density at radius 2 is 1.67 bits per heavy atom. The zero-order valence-electron chi connectivity index (χ0n) is 9.39. The van der Waals surface area contributed by atoms with Gasteiger partial charge >= 0.3 is 0 Å². The third-order valence-electron chi connectivity index (χ3n) is 2.68. The molecule has 0 N–H and O–H groups in total. The van der Waals surface area contributed by atoms with Crippen molar-refractivity contribution in [1.82, 2.24) is 0 Å². The zero-order chi connectivity index (χ0) is 11.3. The van der Waals surface area contributed by atoms with E-state index in [1.165, 1.54) is 31.2 Å². The van der Waals surface area contributed by atoms with Crippen LogP contribution < -0.4 is 0 Å². The van der Waals surface area contributed by atoms with E-state index in [4.69, 9.17) is 23.2 Å². The van der Waals surface area contributed by atoms with Gasteiger partial charge in [0.2, 0.25) is 0 Å². The summed E-state index contributed by atoms with van der Waals surface area (Å²) >= 11 is 12.1. The molecule has 0 heterocycles. The Hall–Kier alpha value is -0.200. The lowest BCUT2D eigenvalue weighted by molar-refractivity contribution is 0.561. The highest BCUT2D eigenvalue weighted by Gasteiger charge is 2.13. The fraction of sp³-hybridized carbons (Fsp3) is 0.538. The molecule has 0 saturated carbocycles. The molecule has 0 bridgehead atoms. The molecule has 0 spiro atoms. The summed E-state index contributed by atoms with van der Waals surface area (Å²) in [5.74, 6) is 0.588. The van der Waals surface area contributed by atoms with E-state index in [-0.39, 0.29) is 0 Å². The monoisotopic (exact) mass is 244 g/mol. The predicted molar refractivity (Wildman–Crippen MR) is 69.0 cm³/mol. The smallest absolute Gasteiger partial charge is 0.0455 e. The van der Waals surface area contributed by atoms with E-state index in [2.05, 4.69) is 19.9 Å². The van der Waals surface area contributed by atoms with Crippen molar-refractivity contribution >= 4 is 23.2 Å². The molecule has 1 aromatic carbocycles. The summed E-state index contributed by atoms with van der Waals surface area (Å²) in [6.45, 7) is 4.43. The maximum Gasteiger partial charge on any atom is 0.0455 e. The first-order valence-corrected chi connectivity index (χ1v) is 6.39. The van der Waals surface area contributed by atoms with Crippen molar-refractivity contribution in [2.24, 2.45) is 0 Å². The molecule has 0 atom stereocenters. The van der Waals surface area contributed by atoms with Crippen LogP contribution >= 0.6 is 23.2 Å². The van der Waals surface area contributed by atoms with Crippen LogP contribution in [0.4, 0.5) is 0 Å². The second-order valence-corrected chi connectivity index (χ2v) is 4.78. The van der Waals surface area contributed by atoms with Crippen LogP contribution in [0.2, 0.25) is 10.0 Å². The number of benzene rings is 1. The van der Waals surface area contributed by atoms with Gasteiger partial charge in [-0.1, -0.05) is 56.0 Å². The van der Waals surface area contributed by atoms with Crippen molar-refractivity contribution < 1.29 is 0 Å². The summed E-state index contributed by atoms with van der Waals surface area (Å²) in [4.78, 5) is 0. The minimum atomic E-state index is 0.588. The Morgan fingerprint density at radius 1 is 1.07 bits per heavy atom. The van der Waals surface area contributed by atoms with Gasteiger partial charge in [0.1, 0.15) is 0 Å². The van der Waals surface area contributed by atoms with Gasteiger partial charge in [-0.2, -0.15) is 0 Å². The lowest BCUT2D eigenvalue weighted by Gasteiger charge is -2.17. The minimum Gasteiger partial charge on any atom is -0.0843 e. The summed E-state index contributed by atoms with van der Waals surface area (Å²) in [6.07, 6.45) is 4.80. The average Bonchev–Trinajstić information content (AvgIpc) is 2.17. The van der Waals surface area contributed by atoms with Crippen molar-refractivity contribution in [3.8, 4) is 0 Å². The summed E-state index contributed by atoms with van der Waals surface area (Å²) in [6, 6.07) is 5.85. The lowest BCUT2D eigenvalue weighted by Crippen LogP contribution is -1.99. The molecule has 1 aromatic rings. The number of rotatable bonds is 5. The summed E-state index contributed by atoms with van der Waals surface area (Å²) < 4.78 is 0. The zero-order valence-corrected chi connectivity index (χ0v) is 10.9. The molecule has 0 aliphatic rings. The Labute approximate surface area is 103 Å². The highest BCUT2D eigenvalue weighted by atomic mass is 35.5. The predicted octanol–water partition coefficient (Wildman–Crippen LogP) is 5.68. The van der Waals surface area contributed by atoms with Gasteiger partial charge in [0.05, 0.1) is 0 Å². The highest BCUT2D eigenvalue weighted by molar-refractivity contribution is 6.35. The third kappa shape index (κ3) is 3.70. The summed E-state index contributed by atoms with van der Waals surface area (Å²) in [5.41, 5.74) is 1.25. The first-order chi connectivity index (χ1) is 7.19. The fourth-order valence-corrected chi connectivity index (χ4v) is 2.55. The van der Waals surface area contributed by atoms with Crippen molar-refractivity contribution in [3.63, 3.8) is 0 Å². The Morgan fingerprint density at radius 3 is 2.13 bits per heavy atom. The summed E-state index contributed by atoms with van der Waals surface area (Å²) in [5, 5.41) is 1.53. The van der Waals surface area contributed by atoms with Crippen LogP contribution in [0.5, 0.6) is 0 Å². The van der Waals surface area contributed by atoms with E-state index >= 15 is 0 Å². The summed E-state index contributed by atoms with van der Waals surface area (Å²) in [7, 11) is 0. The Balaban J connectivity index is 2.89. The van der Waals surface area contributed by atoms with E-state index in [9.17, 15) is 0 Å². The van der Waals surface area contributed by atoms with Gasteiger partial charge in [-0.15, -0.1) is 0 Å². The van der Waals surface area contributed by atoms with Crippen molar-refractivity contribution in [1.29, 1.82) is 0 Å². The molecule has 0 aromatic heterocycles. The number of hydrogen-bond donors (Lipinski definition) is 0. The van der Waals surface area contributed by atoms with Crippen LogP contribution in [0, 0.1) is 0 Å². The molecule has 0 fully saturated rings. The van der Waals surface area contributed by atoms with Crippen LogP contribution in [0.1, 0.15) is 51.0 Å². The highest BCUT2D eigenvalue weighted by Crippen LogP contribution is 2.33. The molecular weight excluding hydrogens is 227 g/mol. The number of hydrogen-bond acceptors (Lipinski definition) is 0. The van der Waals surface area contributed by atoms with E-state index in [0.717, 1.165) is 10.0 Å². The second kappa shape index (κ2) is 6.40. The molecule has 2 heteroatoms. The molecule has 0 amide bonds. The molecule has 0 saturated heterocycles. The standard InChI is InChI=1S/C13H18Cl2/c1-3-5-10(6-4-2)12-8-7-11(14)9-13(12)15/h7-10H,3-6H2,1-2H3. The molecule has 0 unspecified atom stereocenters. The molecule has 1 rings (SSSR count). The van der Waals surface area contributed by atoms with Crippen molar-refractivity contribution in [2.45, 2.75) is 45.4 Å².